The summed E-state index contributed by atoms with van der Waals surface area (Å²) in [5.74, 6) is -0.132. The predicted molar refractivity (Wildman–Crippen MR) is 95.0 cm³/mol. The largest absolute Gasteiger partial charge is 0.378 e. The molecule has 2 aliphatic heterocycles. The summed E-state index contributed by atoms with van der Waals surface area (Å²) in [6.45, 7) is 5.90. The Labute approximate surface area is 149 Å². The molecule has 0 aliphatic carbocycles. The first kappa shape index (κ1) is 17.9. The molecule has 2 aliphatic rings. The number of nitrogens with zero attached hydrogens (tertiary/aromatic N) is 2. The van der Waals surface area contributed by atoms with Crippen molar-refractivity contribution in [1.29, 1.82) is 0 Å². The molecule has 0 aromatic heterocycles. The van der Waals surface area contributed by atoms with Gasteiger partial charge in [0.05, 0.1) is 13.2 Å². The molecule has 25 heavy (non-hydrogen) atoms. The molecule has 0 radical (unpaired) electrons. The Morgan fingerprint density at radius 1 is 1.04 bits per heavy atom. The molecule has 6 nitrogen and oxygen atoms in total. The summed E-state index contributed by atoms with van der Waals surface area (Å²) in [5, 5.41) is 2.94. The molecule has 6 heteroatoms. The van der Waals surface area contributed by atoms with Crippen LogP contribution in [0.5, 0.6) is 0 Å². The molecule has 0 spiro atoms. The van der Waals surface area contributed by atoms with Crippen LogP contribution in [0.3, 0.4) is 0 Å². The van der Waals surface area contributed by atoms with Gasteiger partial charge in [-0.05, 0) is 38.4 Å². The summed E-state index contributed by atoms with van der Waals surface area (Å²) in [6.07, 6.45) is 2.22. The molecule has 2 fully saturated rings. The summed E-state index contributed by atoms with van der Waals surface area (Å²) < 4.78 is 5.29. The monoisotopic (exact) mass is 345 g/mol. The Balaban J connectivity index is 1.68. The lowest BCUT2D eigenvalue weighted by atomic mass is 10.0. The number of nitrogens with one attached hydrogen (secondary N) is 1. The van der Waals surface area contributed by atoms with E-state index in [0.29, 0.717) is 26.3 Å². The van der Waals surface area contributed by atoms with Crippen molar-refractivity contribution in [3.63, 3.8) is 0 Å². The molecule has 136 valence electrons. The van der Waals surface area contributed by atoms with Gasteiger partial charge < -0.3 is 15.0 Å². The quantitative estimate of drug-likeness (QED) is 0.871. The first-order valence-electron chi connectivity index (χ1n) is 9.13. The van der Waals surface area contributed by atoms with Crippen LogP contribution in [-0.2, 0) is 14.3 Å². The maximum Gasteiger partial charge on any atom is 0.245 e. The second kappa shape index (κ2) is 8.45. The zero-order valence-electron chi connectivity index (χ0n) is 14.8. The van der Waals surface area contributed by atoms with E-state index in [0.717, 1.165) is 31.5 Å². The Bertz CT molecular complexity index is 581. The molecule has 2 heterocycles. The number of hydrogen-bond donors (Lipinski definition) is 1. The Kier molecular flexibility index (Phi) is 6.04. The molecule has 0 bridgehead atoms. The van der Waals surface area contributed by atoms with Crippen molar-refractivity contribution < 1.29 is 14.3 Å². The Morgan fingerprint density at radius 3 is 2.32 bits per heavy atom. The summed E-state index contributed by atoms with van der Waals surface area (Å²) in [6, 6.07) is 8.96. The fourth-order valence-electron chi connectivity index (χ4n) is 3.57. The number of ether oxygens (including phenoxy) is 1. The van der Waals surface area contributed by atoms with Gasteiger partial charge in [0.25, 0.3) is 0 Å². The maximum absolute atomic E-state index is 13.0. The van der Waals surface area contributed by atoms with E-state index in [1.54, 1.807) is 11.8 Å². The molecule has 2 saturated heterocycles. The Morgan fingerprint density at radius 2 is 1.68 bits per heavy atom. The lowest BCUT2D eigenvalue weighted by Gasteiger charge is -2.31. The molecule has 2 amide bonds. The lowest BCUT2D eigenvalue weighted by molar-refractivity contribution is -0.140. The normalized spacial score (nSPS) is 20.9. The van der Waals surface area contributed by atoms with Crippen LogP contribution in [0, 0.1) is 0 Å². The lowest BCUT2D eigenvalue weighted by Crippen LogP contribution is -2.52. The zero-order valence-corrected chi connectivity index (χ0v) is 14.8. The van der Waals surface area contributed by atoms with Crippen LogP contribution in [0.25, 0.3) is 0 Å². The van der Waals surface area contributed by atoms with Crippen molar-refractivity contribution >= 4 is 11.8 Å². The number of hydrogen-bond acceptors (Lipinski definition) is 4. The molecule has 0 saturated carbocycles. The van der Waals surface area contributed by atoms with Gasteiger partial charge in [0, 0.05) is 13.1 Å². The van der Waals surface area contributed by atoms with Crippen LogP contribution in [0.15, 0.2) is 30.3 Å². The van der Waals surface area contributed by atoms with Gasteiger partial charge in [-0.2, -0.15) is 0 Å². The average molecular weight is 345 g/mol. The number of likely N-dealkylation sites (tertiary alicyclic amines) is 1. The maximum atomic E-state index is 13.0. The van der Waals surface area contributed by atoms with Gasteiger partial charge in [0.2, 0.25) is 11.8 Å². The van der Waals surface area contributed by atoms with Crippen LogP contribution >= 0.6 is 0 Å². The highest BCUT2D eigenvalue weighted by atomic mass is 16.5. The van der Waals surface area contributed by atoms with Gasteiger partial charge in [-0.15, -0.1) is 0 Å². The smallest absolute Gasteiger partial charge is 0.245 e. The van der Waals surface area contributed by atoms with Gasteiger partial charge in [0.1, 0.15) is 12.1 Å². The van der Waals surface area contributed by atoms with Crippen molar-refractivity contribution in [3.05, 3.63) is 35.9 Å². The first-order chi connectivity index (χ1) is 12.2. The van der Waals surface area contributed by atoms with Crippen LogP contribution in [0.2, 0.25) is 0 Å². The van der Waals surface area contributed by atoms with Gasteiger partial charge in [0.15, 0.2) is 0 Å². The van der Waals surface area contributed by atoms with E-state index < -0.39 is 6.04 Å². The number of rotatable bonds is 5. The first-order valence-corrected chi connectivity index (χ1v) is 9.13. The molecule has 2 atom stereocenters. The van der Waals surface area contributed by atoms with Crippen LogP contribution in [-0.4, -0.2) is 67.0 Å². The molecule has 0 unspecified atom stereocenters. The standard InChI is InChI=1S/C19H27N3O3/c1-15(19(24)22-11-13-25-14-12-22)20-18(23)17(21-9-5-6-10-21)16-7-3-2-4-8-16/h2-4,7-8,15,17H,5-6,9-14H2,1H3,(H,20,23)/t15-,17-/m0/s1. The van der Waals surface area contributed by atoms with Gasteiger partial charge in [-0.3, -0.25) is 14.5 Å². The third-order valence-electron chi connectivity index (χ3n) is 4.92. The highest BCUT2D eigenvalue weighted by Crippen LogP contribution is 2.25. The van der Waals surface area contributed by atoms with Gasteiger partial charge in [-0.25, -0.2) is 0 Å². The Hall–Kier alpha value is -1.92. The van der Waals surface area contributed by atoms with E-state index in [-0.39, 0.29) is 17.9 Å². The minimum atomic E-state index is -0.528. The van der Waals surface area contributed by atoms with Crippen molar-refractivity contribution in [1.82, 2.24) is 15.1 Å². The van der Waals surface area contributed by atoms with Crippen LogP contribution in [0.1, 0.15) is 31.4 Å². The van der Waals surface area contributed by atoms with E-state index in [4.69, 9.17) is 4.74 Å². The molecule has 1 N–H and O–H groups in total. The molecule has 3 rings (SSSR count). The summed E-state index contributed by atoms with van der Waals surface area (Å²) in [7, 11) is 0. The minimum Gasteiger partial charge on any atom is -0.378 e. The van der Waals surface area contributed by atoms with E-state index in [1.165, 1.54) is 0 Å². The summed E-state index contributed by atoms with van der Waals surface area (Å²) >= 11 is 0. The highest BCUT2D eigenvalue weighted by molar-refractivity contribution is 5.90. The van der Waals surface area contributed by atoms with Crippen LogP contribution < -0.4 is 5.32 Å². The van der Waals surface area contributed by atoms with E-state index in [9.17, 15) is 9.59 Å². The summed E-state index contributed by atoms with van der Waals surface area (Å²) in [4.78, 5) is 29.5. The third-order valence-corrected chi connectivity index (χ3v) is 4.92. The van der Waals surface area contributed by atoms with Crippen LogP contribution in [0.4, 0.5) is 0 Å². The number of morpholine rings is 1. The number of benzene rings is 1. The van der Waals surface area contributed by atoms with Gasteiger partial charge in [-0.1, -0.05) is 30.3 Å². The number of amides is 2. The second-order valence-corrected chi connectivity index (χ2v) is 6.72. The van der Waals surface area contributed by atoms with E-state index in [2.05, 4.69) is 10.2 Å². The zero-order chi connectivity index (χ0) is 17.6. The highest BCUT2D eigenvalue weighted by Gasteiger charge is 2.32. The number of carbonyl (C=O) groups is 2. The van der Waals surface area contributed by atoms with Crippen molar-refractivity contribution in [2.45, 2.75) is 31.8 Å². The second-order valence-electron chi connectivity index (χ2n) is 6.72. The average Bonchev–Trinajstić information content (AvgIpc) is 3.17. The third kappa shape index (κ3) is 4.38. The van der Waals surface area contributed by atoms with E-state index >= 15 is 0 Å². The molecular formula is C19H27N3O3. The topological polar surface area (TPSA) is 61.9 Å². The molecular weight excluding hydrogens is 318 g/mol. The minimum absolute atomic E-state index is 0.0371. The molecule has 1 aromatic carbocycles. The van der Waals surface area contributed by atoms with Crippen molar-refractivity contribution in [2.24, 2.45) is 0 Å². The van der Waals surface area contributed by atoms with Crippen molar-refractivity contribution in [3.8, 4) is 0 Å². The number of carbonyl (C=O) groups excluding carboxylic acids is 2. The predicted octanol–water partition coefficient (Wildman–Crippen LogP) is 1.19. The summed E-state index contributed by atoms with van der Waals surface area (Å²) in [5.41, 5.74) is 0.980. The van der Waals surface area contributed by atoms with E-state index in [1.807, 2.05) is 30.3 Å². The fraction of sp³-hybridized carbons (Fsp3) is 0.579. The fourth-order valence-corrected chi connectivity index (χ4v) is 3.57. The van der Waals surface area contributed by atoms with Gasteiger partial charge >= 0.3 is 0 Å². The van der Waals surface area contributed by atoms with Crippen molar-refractivity contribution in [2.75, 3.05) is 39.4 Å². The SMILES string of the molecule is C[C@H](NC(=O)[C@H](c1ccccc1)N1CCCC1)C(=O)N1CCOCC1. The molecule has 1 aromatic rings.